The van der Waals surface area contributed by atoms with E-state index < -0.39 is 17.7 Å². The maximum Gasteiger partial charge on any atom is 0.253 e. The summed E-state index contributed by atoms with van der Waals surface area (Å²) in [6.45, 7) is -0.00772. The average molecular weight is 339 g/mol. The monoisotopic (exact) mass is 339 g/mol. The second-order valence-corrected chi connectivity index (χ2v) is 4.58. The molecule has 0 radical (unpaired) electrons. The zero-order valence-corrected chi connectivity index (χ0v) is 13.8. The van der Waals surface area contributed by atoms with Crippen molar-refractivity contribution in [2.75, 3.05) is 41.5 Å². The molecule has 0 saturated carbocycles. The SMILES string of the molecule is COCNC(=O)c1ccc(C(=O)NCOC)c(C(=O)NCOC)c1. The third-order valence-corrected chi connectivity index (χ3v) is 2.90. The molecule has 0 spiro atoms. The summed E-state index contributed by atoms with van der Waals surface area (Å²) in [7, 11) is 4.28. The fourth-order valence-corrected chi connectivity index (χ4v) is 1.78. The molecule has 0 atom stereocenters. The number of ether oxygens (including phenoxy) is 3. The summed E-state index contributed by atoms with van der Waals surface area (Å²) in [5.41, 5.74) is 0.382. The molecule has 3 amide bonds. The maximum absolute atomic E-state index is 12.2. The van der Waals surface area contributed by atoms with Crippen LogP contribution in [-0.4, -0.2) is 59.2 Å². The van der Waals surface area contributed by atoms with Crippen molar-refractivity contribution < 1.29 is 28.6 Å². The fraction of sp³-hybridized carbons (Fsp3) is 0.400. The van der Waals surface area contributed by atoms with Crippen molar-refractivity contribution >= 4 is 17.7 Å². The van der Waals surface area contributed by atoms with Crippen LogP contribution in [0.15, 0.2) is 18.2 Å². The van der Waals surface area contributed by atoms with Crippen molar-refractivity contribution in [1.82, 2.24) is 16.0 Å². The lowest BCUT2D eigenvalue weighted by Crippen LogP contribution is -2.32. The molecule has 0 fully saturated rings. The molecular formula is C15H21N3O6. The minimum atomic E-state index is -0.541. The van der Waals surface area contributed by atoms with Gasteiger partial charge in [0.25, 0.3) is 17.7 Å². The molecule has 0 aliphatic rings. The minimum Gasteiger partial charge on any atom is -0.364 e. The van der Waals surface area contributed by atoms with Crippen LogP contribution in [0.2, 0.25) is 0 Å². The Morgan fingerprint density at radius 2 is 1.21 bits per heavy atom. The Balaban J connectivity index is 3.11. The van der Waals surface area contributed by atoms with E-state index in [0.717, 1.165) is 0 Å². The predicted octanol–water partition coefficient (Wildman–Crippen LogP) is -0.312. The Hall–Kier alpha value is -2.49. The molecule has 0 saturated heterocycles. The Bertz CT molecular complexity index is 591. The molecule has 9 heteroatoms. The number of hydrogen-bond donors (Lipinski definition) is 3. The number of methoxy groups -OCH3 is 3. The highest BCUT2D eigenvalue weighted by Crippen LogP contribution is 2.13. The molecule has 0 unspecified atom stereocenters. The molecule has 0 aliphatic carbocycles. The fourth-order valence-electron chi connectivity index (χ4n) is 1.78. The molecule has 0 heterocycles. The Morgan fingerprint density at radius 3 is 1.71 bits per heavy atom. The zero-order chi connectivity index (χ0) is 17.9. The lowest BCUT2D eigenvalue weighted by Gasteiger charge is -2.12. The number of hydrogen-bond acceptors (Lipinski definition) is 6. The van der Waals surface area contributed by atoms with Crippen molar-refractivity contribution in [2.45, 2.75) is 0 Å². The van der Waals surface area contributed by atoms with Gasteiger partial charge in [0, 0.05) is 26.9 Å². The van der Waals surface area contributed by atoms with E-state index in [4.69, 9.17) is 14.2 Å². The van der Waals surface area contributed by atoms with Gasteiger partial charge in [0.15, 0.2) is 0 Å². The molecule has 1 aromatic carbocycles. The van der Waals surface area contributed by atoms with Gasteiger partial charge in [-0.15, -0.1) is 0 Å². The van der Waals surface area contributed by atoms with Crippen LogP contribution in [0.5, 0.6) is 0 Å². The predicted molar refractivity (Wildman–Crippen MR) is 84.5 cm³/mol. The summed E-state index contributed by atoms with van der Waals surface area (Å²) in [4.78, 5) is 36.3. The topological polar surface area (TPSA) is 115 Å². The van der Waals surface area contributed by atoms with E-state index in [1.807, 2.05) is 0 Å². The molecule has 3 N–H and O–H groups in total. The van der Waals surface area contributed by atoms with E-state index >= 15 is 0 Å². The van der Waals surface area contributed by atoms with Crippen molar-refractivity contribution in [2.24, 2.45) is 0 Å². The van der Waals surface area contributed by atoms with E-state index in [1.54, 1.807) is 0 Å². The third kappa shape index (κ3) is 5.61. The van der Waals surface area contributed by atoms with Gasteiger partial charge in [0.1, 0.15) is 20.2 Å². The van der Waals surface area contributed by atoms with Crippen LogP contribution >= 0.6 is 0 Å². The molecule has 24 heavy (non-hydrogen) atoms. The smallest absolute Gasteiger partial charge is 0.253 e. The van der Waals surface area contributed by atoms with E-state index in [2.05, 4.69) is 16.0 Å². The van der Waals surface area contributed by atoms with Crippen LogP contribution in [0.4, 0.5) is 0 Å². The van der Waals surface area contributed by atoms with Gasteiger partial charge in [-0.25, -0.2) is 0 Å². The van der Waals surface area contributed by atoms with Crippen LogP contribution in [-0.2, 0) is 14.2 Å². The van der Waals surface area contributed by atoms with Crippen LogP contribution in [0, 0.1) is 0 Å². The van der Waals surface area contributed by atoms with E-state index in [0.29, 0.717) is 0 Å². The van der Waals surface area contributed by atoms with Crippen LogP contribution < -0.4 is 16.0 Å². The lowest BCUT2D eigenvalue weighted by molar-refractivity contribution is 0.0835. The molecule has 0 aromatic heterocycles. The first kappa shape index (κ1) is 19.6. The normalized spacial score (nSPS) is 10.1. The Labute approximate surface area is 139 Å². The zero-order valence-electron chi connectivity index (χ0n) is 13.8. The number of carbonyl (C=O) groups is 3. The van der Waals surface area contributed by atoms with E-state index in [9.17, 15) is 14.4 Å². The van der Waals surface area contributed by atoms with Crippen LogP contribution in [0.1, 0.15) is 31.1 Å². The van der Waals surface area contributed by atoms with Gasteiger partial charge in [0.05, 0.1) is 11.1 Å². The maximum atomic E-state index is 12.2. The highest BCUT2D eigenvalue weighted by Gasteiger charge is 2.19. The Morgan fingerprint density at radius 1 is 0.750 bits per heavy atom. The summed E-state index contributed by atoms with van der Waals surface area (Å²) in [5.74, 6) is -1.47. The van der Waals surface area contributed by atoms with Crippen molar-refractivity contribution in [3.8, 4) is 0 Å². The van der Waals surface area contributed by atoms with Crippen LogP contribution in [0.25, 0.3) is 0 Å². The summed E-state index contributed by atoms with van der Waals surface area (Å²) >= 11 is 0. The molecule has 9 nitrogen and oxygen atoms in total. The van der Waals surface area contributed by atoms with Gasteiger partial charge in [-0.1, -0.05) is 0 Å². The van der Waals surface area contributed by atoms with Crippen LogP contribution in [0.3, 0.4) is 0 Å². The van der Waals surface area contributed by atoms with E-state index in [1.165, 1.54) is 39.5 Å². The lowest BCUT2D eigenvalue weighted by atomic mass is 10.0. The first-order chi connectivity index (χ1) is 11.5. The minimum absolute atomic E-state index is 0.00591. The quantitative estimate of drug-likeness (QED) is 0.532. The summed E-state index contributed by atoms with van der Waals surface area (Å²) in [6, 6.07) is 4.17. The molecule has 0 aliphatic heterocycles. The van der Waals surface area contributed by atoms with Gasteiger partial charge in [-0.05, 0) is 18.2 Å². The summed E-state index contributed by atoms with van der Waals surface area (Å²) in [6.07, 6.45) is 0. The van der Waals surface area contributed by atoms with Gasteiger partial charge in [-0.3, -0.25) is 14.4 Å². The summed E-state index contributed by atoms with van der Waals surface area (Å²) < 4.78 is 14.3. The number of carbonyl (C=O) groups excluding carboxylic acids is 3. The number of amides is 3. The number of rotatable bonds is 9. The molecular weight excluding hydrogens is 318 g/mol. The van der Waals surface area contributed by atoms with Crippen molar-refractivity contribution in [1.29, 1.82) is 0 Å². The largest absolute Gasteiger partial charge is 0.364 e. The first-order valence-electron chi connectivity index (χ1n) is 7.00. The van der Waals surface area contributed by atoms with Gasteiger partial charge in [0.2, 0.25) is 0 Å². The average Bonchev–Trinajstić information content (AvgIpc) is 2.61. The number of benzene rings is 1. The van der Waals surface area contributed by atoms with Crippen molar-refractivity contribution in [3.05, 3.63) is 34.9 Å². The molecule has 1 aromatic rings. The van der Waals surface area contributed by atoms with Gasteiger partial charge in [-0.2, -0.15) is 0 Å². The standard InChI is InChI=1S/C15H21N3O6/c1-22-7-16-13(19)10-4-5-11(14(20)17-8-23-2)12(6-10)15(21)18-9-24-3/h4-6H,7-9H2,1-3H3,(H,16,19)(H,17,20)(H,18,21). The molecule has 132 valence electrons. The highest BCUT2D eigenvalue weighted by atomic mass is 16.5. The summed E-state index contributed by atoms with van der Waals surface area (Å²) in [5, 5.41) is 7.47. The second kappa shape index (κ2) is 10.3. The second-order valence-electron chi connectivity index (χ2n) is 4.58. The highest BCUT2D eigenvalue weighted by molar-refractivity contribution is 6.09. The Kier molecular flexibility index (Phi) is 8.41. The van der Waals surface area contributed by atoms with Gasteiger partial charge < -0.3 is 30.2 Å². The number of nitrogens with one attached hydrogen (secondary N) is 3. The molecule has 1 rings (SSSR count). The van der Waals surface area contributed by atoms with Gasteiger partial charge >= 0.3 is 0 Å². The molecule has 0 bridgehead atoms. The van der Waals surface area contributed by atoms with E-state index in [-0.39, 0.29) is 36.9 Å². The first-order valence-corrected chi connectivity index (χ1v) is 7.00. The third-order valence-electron chi connectivity index (χ3n) is 2.90. The van der Waals surface area contributed by atoms with Crippen molar-refractivity contribution in [3.63, 3.8) is 0 Å².